The molecule has 1 aromatic heterocycles. The van der Waals surface area contributed by atoms with Crippen molar-refractivity contribution in [1.29, 1.82) is 0 Å². The van der Waals surface area contributed by atoms with Crippen molar-refractivity contribution >= 4 is 29.2 Å². The molecule has 0 saturated heterocycles. The Morgan fingerprint density at radius 2 is 2.00 bits per heavy atom. The third-order valence-electron chi connectivity index (χ3n) is 2.43. The quantitative estimate of drug-likeness (QED) is 0.514. The van der Waals surface area contributed by atoms with Gasteiger partial charge in [-0.05, 0) is 17.9 Å². The van der Waals surface area contributed by atoms with E-state index >= 15 is 0 Å². The molecule has 0 spiro atoms. The van der Waals surface area contributed by atoms with Gasteiger partial charge in [0.1, 0.15) is 0 Å². The summed E-state index contributed by atoms with van der Waals surface area (Å²) in [6.45, 7) is -0.714. The van der Waals surface area contributed by atoms with E-state index in [0.717, 1.165) is 4.88 Å². The van der Waals surface area contributed by atoms with Crippen molar-refractivity contribution in [2.45, 2.75) is 31.9 Å². The summed E-state index contributed by atoms with van der Waals surface area (Å²) >= 11 is 1.60. The monoisotopic (exact) mass is 315 g/mol. The molecule has 0 fully saturated rings. The number of carboxylic acid groups (broad SMARTS) is 1. The zero-order valence-electron chi connectivity index (χ0n) is 11.3. The van der Waals surface area contributed by atoms with Crippen molar-refractivity contribution in [1.82, 2.24) is 0 Å². The predicted molar refractivity (Wildman–Crippen MR) is 74.5 cm³/mol. The number of hydrogen-bond acceptors (Lipinski definition) is 7. The Labute approximate surface area is 125 Å². The zero-order valence-corrected chi connectivity index (χ0v) is 12.1. The molecule has 0 saturated carbocycles. The standard InChI is InChI=1S/C13H17NO6S/c14-10(4-3-9-2-1-7-21-9)20-13(18)6-5-12(17)19-8-11(15)16/h1-2,7,10H,3-6,8,14H2,(H,15,16). The summed E-state index contributed by atoms with van der Waals surface area (Å²) in [7, 11) is 0. The molecule has 3 N–H and O–H groups in total. The third kappa shape index (κ3) is 8.05. The van der Waals surface area contributed by atoms with E-state index in [-0.39, 0.29) is 12.8 Å². The Balaban J connectivity index is 2.14. The second-order valence-corrected chi connectivity index (χ2v) is 5.23. The van der Waals surface area contributed by atoms with E-state index < -0.39 is 30.7 Å². The summed E-state index contributed by atoms with van der Waals surface area (Å²) in [6, 6.07) is 3.90. The number of carbonyl (C=O) groups is 3. The van der Waals surface area contributed by atoms with Crippen molar-refractivity contribution in [2.75, 3.05) is 6.61 Å². The van der Waals surface area contributed by atoms with Gasteiger partial charge in [0, 0.05) is 11.3 Å². The van der Waals surface area contributed by atoms with Crippen LogP contribution in [-0.4, -0.2) is 35.8 Å². The van der Waals surface area contributed by atoms with Crippen LogP contribution in [-0.2, 0) is 30.3 Å². The number of nitrogens with two attached hydrogens (primary N) is 1. The SMILES string of the molecule is NC(CCc1cccs1)OC(=O)CCC(=O)OCC(=O)O. The minimum Gasteiger partial charge on any atom is -0.479 e. The van der Waals surface area contributed by atoms with Crippen LogP contribution in [0.1, 0.15) is 24.1 Å². The molecule has 8 heteroatoms. The van der Waals surface area contributed by atoms with E-state index in [2.05, 4.69) is 4.74 Å². The minimum atomic E-state index is -1.25. The molecule has 0 aliphatic rings. The number of ether oxygens (including phenoxy) is 2. The van der Waals surface area contributed by atoms with Gasteiger partial charge in [0.2, 0.25) is 0 Å². The van der Waals surface area contributed by atoms with Crippen LogP contribution in [0.3, 0.4) is 0 Å². The molecule has 7 nitrogen and oxygen atoms in total. The van der Waals surface area contributed by atoms with Gasteiger partial charge < -0.3 is 14.6 Å². The lowest BCUT2D eigenvalue weighted by Crippen LogP contribution is -2.28. The number of aryl methyl sites for hydroxylation is 1. The molecule has 1 heterocycles. The molecule has 116 valence electrons. The molecule has 0 aliphatic carbocycles. The molecule has 1 aromatic rings. The number of rotatable bonds is 9. The van der Waals surface area contributed by atoms with E-state index in [1.54, 1.807) is 11.3 Å². The van der Waals surface area contributed by atoms with Crippen molar-refractivity contribution in [3.63, 3.8) is 0 Å². The largest absolute Gasteiger partial charge is 0.479 e. The average molecular weight is 315 g/mol. The van der Waals surface area contributed by atoms with Crippen LogP contribution < -0.4 is 5.73 Å². The number of esters is 2. The molecule has 0 aliphatic heterocycles. The van der Waals surface area contributed by atoms with Gasteiger partial charge in [0.25, 0.3) is 0 Å². The average Bonchev–Trinajstić information content (AvgIpc) is 2.94. The molecule has 1 unspecified atom stereocenters. The first-order valence-electron chi connectivity index (χ1n) is 6.32. The third-order valence-corrected chi connectivity index (χ3v) is 3.36. The molecule has 0 amide bonds. The molecule has 21 heavy (non-hydrogen) atoms. The van der Waals surface area contributed by atoms with E-state index in [4.69, 9.17) is 15.6 Å². The highest BCUT2D eigenvalue weighted by molar-refractivity contribution is 7.09. The topological polar surface area (TPSA) is 116 Å². The number of thiophene rings is 1. The highest BCUT2D eigenvalue weighted by Crippen LogP contribution is 2.12. The number of carbonyl (C=O) groups excluding carboxylic acids is 2. The second-order valence-electron chi connectivity index (χ2n) is 4.20. The van der Waals surface area contributed by atoms with Gasteiger partial charge in [0.05, 0.1) is 12.8 Å². The maximum Gasteiger partial charge on any atom is 0.341 e. The predicted octanol–water partition coefficient (Wildman–Crippen LogP) is 0.917. The van der Waals surface area contributed by atoms with Crippen LogP contribution in [0.25, 0.3) is 0 Å². The molecule has 0 bridgehead atoms. The lowest BCUT2D eigenvalue weighted by Gasteiger charge is -2.12. The minimum absolute atomic E-state index is 0.189. The highest BCUT2D eigenvalue weighted by atomic mass is 32.1. The first-order valence-corrected chi connectivity index (χ1v) is 7.20. The first-order chi connectivity index (χ1) is 9.97. The molecular formula is C13H17NO6S. The number of hydrogen-bond donors (Lipinski definition) is 2. The fourth-order valence-electron chi connectivity index (χ4n) is 1.44. The Hall–Kier alpha value is -1.93. The summed E-state index contributed by atoms with van der Waals surface area (Å²) in [4.78, 5) is 33.9. The fraction of sp³-hybridized carbons (Fsp3) is 0.462. The number of aliphatic carboxylic acids is 1. The van der Waals surface area contributed by atoms with Crippen molar-refractivity contribution < 1.29 is 29.0 Å². The van der Waals surface area contributed by atoms with Crippen LogP contribution in [0.15, 0.2) is 17.5 Å². The summed E-state index contributed by atoms with van der Waals surface area (Å²) in [5.41, 5.74) is 5.66. The maximum atomic E-state index is 11.4. The zero-order chi connectivity index (χ0) is 15.7. The van der Waals surface area contributed by atoms with Crippen LogP contribution in [0.5, 0.6) is 0 Å². The Morgan fingerprint density at radius 3 is 2.62 bits per heavy atom. The highest BCUT2D eigenvalue weighted by Gasteiger charge is 2.13. The molecule has 1 rings (SSSR count). The van der Waals surface area contributed by atoms with Gasteiger partial charge in [-0.2, -0.15) is 0 Å². The van der Waals surface area contributed by atoms with Gasteiger partial charge in [-0.15, -0.1) is 11.3 Å². The normalized spacial score (nSPS) is 11.7. The van der Waals surface area contributed by atoms with Gasteiger partial charge in [-0.25, -0.2) is 4.79 Å². The van der Waals surface area contributed by atoms with Gasteiger partial charge >= 0.3 is 17.9 Å². The lowest BCUT2D eigenvalue weighted by molar-refractivity contribution is -0.157. The molecule has 1 atom stereocenters. The molecular weight excluding hydrogens is 298 g/mol. The van der Waals surface area contributed by atoms with E-state index in [9.17, 15) is 14.4 Å². The smallest absolute Gasteiger partial charge is 0.341 e. The second kappa shape index (κ2) is 9.09. The molecule has 0 radical (unpaired) electrons. The van der Waals surface area contributed by atoms with Gasteiger partial charge in [-0.3, -0.25) is 15.3 Å². The van der Waals surface area contributed by atoms with Crippen molar-refractivity contribution in [3.8, 4) is 0 Å². The van der Waals surface area contributed by atoms with Crippen LogP contribution in [0, 0.1) is 0 Å². The van der Waals surface area contributed by atoms with Gasteiger partial charge in [0.15, 0.2) is 12.8 Å². The van der Waals surface area contributed by atoms with E-state index in [1.807, 2.05) is 17.5 Å². The van der Waals surface area contributed by atoms with Crippen molar-refractivity contribution in [3.05, 3.63) is 22.4 Å². The van der Waals surface area contributed by atoms with Crippen LogP contribution >= 0.6 is 11.3 Å². The molecule has 0 aromatic carbocycles. The summed E-state index contributed by atoms with van der Waals surface area (Å²) in [5, 5.41) is 10.3. The van der Waals surface area contributed by atoms with Gasteiger partial charge in [-0.1, -0.05) is 6.07 Å². The number of carboxylic acids is 1. The summed E-state index contributed by atoms with van der Waals surface area (Å²) in [6.07, 6.45) is 0.0619. The summed E-state index contributed by atoms with van der Waals surface area (Å²) < 4.78 is 9.32. The Bertz CT molecular complexity index is 473. The fourth-order valence-corrected chi connectivity index (χ4v) is 2.17. The van der Waals surface area contributed by atoms with E-state index in [1.165, 1.54) is 0 Å². The maximum absolute atomic E-state index is 11.4. The summed E-state index contributed by atoms with van der Waals surface area (Å²) in [5.74, 6) is -2.62. The Morgan fingerprint density at radius 1 is 1.29 bits per heavy atom. The van der Waals surface area contributed by atoms with E-state index in [0.29, 0.717) is 12.8 Å². The first kappa shape index (κ1) is 17.1. The van der Waals surface area contributed by atoms with Crippen LogP contribution in [0.2, 0.25) is 0 Å². The Kier molecular flexibility index (Phi) is 7.41. The van der Waals surface area contributed by atoms with Crippen LogP contribution in [0.4, 0.5) is 0 Å². The lowest BCUT2D eigenvalue weighted by atomic mass is 10.2. The van der Waals surface area contributed by atoms with Crippen molar-refractivity contribution in [2.24, 2.45) is 5.73 Å².